The van der Waals surface area contributed by atoms with Crippen LogP contribution in [-0.2, 0) is 20.5 Å². The van der Waals surface area contributed by atoms with Crippen LogP contribution in [0.25, 0.3) is 10.9 Å². The summed E-state index contributed by atoms with van der Waals surface area (Å²) in [6, 6.07) is 10.9. The van der Waals surface area contributed by atoms with Crippen molar-refractivity contribution in [1.29, 1.82) is 5.26 Å². The molecule has 6 rings (SSSR count). The summed E-state index contributed by atoms with van der Waals surface area (Å²) in [5.74, 6) is -3.67. The standard InChI is InChI=1S/C27H21F3N4O4/c1-25-10-19(33-22(35)16-12-32-18-6-4-3-5-15(16)18)26(2,38-25)21-20(25)23(36)34(24(21)37)14-8-7-13(11-31)17(9-14)27(28,29)30/h3-9,12,19-21,32H,10H2,1-2H3,(H,33,35)/t19-,20-,21+,25-,26+/m1/s1. The maximum absolute atomic E-state index is 13.6. The minimum atomic E-state index is -4.85. The third-order valence-corrected chi connectivity index (χ3v) is 8.16. The van der Waals surface area contributed by atoms with Crippen molar-refractivity contribution < 1.29 is 32.3 Å². The van der Waals surface area contributed by atoms with Gasteiger partial charge in [-0.15, -0.1) is 0 Å². The van der Waals surface area contributed by atoms with Crippen LogP contribution in [0, 0.1) is 23.2 Å². The smallest absolute Gasteiger partial charge is 0.365 e. The number of nitriles is 1. The van der Waals surface area contributed by atoms with E-state index in [1.54, 1.807) is 26.1 Å². The van der Waals surface area contributed by atoms with Crippen molar-refractivity contribution in [3.63, 3.8) is 0 Å². The Balaban J connectivity index is 1.33. The second kappa shape index (κ2) is 7.68. The Bertz CT molecular complexity index is 1590. The Morgan fingerprint density at radius 1 is 1.16 bits per heavy atom. The minimum Gasteiger partial charge on any atom is -0.365 e. The highest BCUT2D eigenvalue weighted by atomic mass is 19.4. The van der Waals surface area contributed by atoms with Gasteiger partial charge in [0.15, 0.2) is 0 Å². The van der Waals surface area contributed by atoms with Crippen molar-refractivity contribution in [2.24, 2.45) is 11.8 Å². The van der Waals surface area contributed by atoms with Gasteiger partial charge in [-0.2, -0.15) is 18.4 Å². The van der Waals surface area contributed by atoms with Crippen LogP contribution in [0.3, 0.4) is 0 Å². The summed E-state index contributed by atoms with van der Waals surface area (Å²) in [5, 5.41) is 12.8. The molecule has 3 amide bonds. The van der Waals surface area contributed by atoms with Gasteiger partial charge in [-0.05, 0) is 38.1 Å². The lowest BCUT2D eigenvalue weighted by Crippen LogP contribution is -2.56. The summed E-state index contributed by atoms with van der Waals surface area (Å²) in [6.45, 7) is 3.33. The fraction of sp³-hybridized carbons (Fsp3) is 0.333. The number of para-hydroxylation sites is 1. The van der Waals surface area contributed by atoms with Crippen molar-refractivity contribution in [1.82, 2.24) is 10.3 Å². The van der Waals surface area contributed by atoms with Crippen LogP contribution in [0.4, 0.5) is 18.9 Å². The number of benzene rings is 2. The zero-order valence-corrected chi connectivity index (χ0v) is 20.2. The van der Waals surface area contributed by atoms with E-state index in [1.165, 1.54) is 6.07 Å². The summed E-state index contributed by atoms with van der Waals surface area (Å²) in [4.78, 5) is 44.2. The highest BCUT2D eigenvalue weighted by molar-refractivity contribution is 6.23. The molecule has 0 unspecified atom stereocenters. The van der Waals surface area contributed by atoms with Crippen LogP contribution in [0.15, 0.2) is 48.7 Å². The highest BCUT2D eigenvalue weighted by Gasteiger charge is 2.76. The molecule has 0 spiro atoms. The number of imide groups is 1. The monoisotopic (exact) mass is 522 g/mol. The average Bonchev–Trinajstić information content (AvgIpc) is 3.54. The number of hydrogen-bond donors (Lipinski definition) is 2. The Morgan fingerprint density at radius 2 is 1.87 bits per heavy atom. The van der Waals surface area contributed by atoms with Gasteiger partial charge in [0, 0.05) is 23.5 Å². The molecule has 3 aliphatic heterocycles. The van der Waals surface area contributed by atoms with E-state index < -0.39 is 58.2 Å². The molecule has 3 saturated heterocycles. The van der Waals surface area contributed by atoms with E-state index in [0.29, 0.717) is 11.6 Å². The molecule has 0 radical (unpaired) electrons. The molecular weight excluding hydrogens is 501 g/mol. The van der Waals surface area contributed by atoms with Gasteiger partial charge in [-0.25, -0.2) is 4.90 Å². The van der Waals surface area contributed by atoms with E-state index in [2.05, 4.69) is 10.3 Å². The number of anilines is 1. The lowest BCUT2D eigenvalue weighted by atomic mass is 9.66. The zero-order valence-electron chi connectivity index (χ0n) is 20.2. The molecule has 2 aromatic carbocycles. The number of H-pyrrole nitrogens is 1. The second-order valence-electron chi connectivity index (χ2n) is 10.4. The first-order chi connectivity index (χ1) is 17.9. The van der Waals surface area contributed by atoms with Crippen molar-refractivity contribution in [3.8, 4) is 6.07 Å². The average molecular weight is 522 g/mol. The van der Waals surface area contributed by atoms with Crippen LogP contribution in [0.5, 0.6) is 0 Å². The highest BCUT2D eigenvalue weighted by Crippen LogP contribution is 2.61. The predicted molar refractivity (Wildman–Crippen MR) is 128 cm³/mol. The van der Waals surface area contributed by atoms with E-state index in [0.717, 1.165) is 27.9 Å². The second-order valence-corrected chi connectivity index (χ2v) is 10.4. The third kappa shape index (κ3) is 3.16. The minimum absolute atomic E-state index is 0.243. The van der Waals surface area contributed by atoms with Crippen LogP contribution in [0.2, 0.25) is 0 Å². The number of aromatic amines is 1. The molecule has 0 aliphatic carbocycles. The molecule has 2 N–H and O–H groups in total. The summed E-state index contributed by atoms with van der Waals surface area (Å²) in [7, 11) is 0. The Morgan fingerprint density at radius 3 is 2.58 bits per heavy atom. The molecule has 4 heterocycles. The molecule has 3 aromatic rings. The van der Waals surface area contributed by atoms with Crippen molar-refractivity contribution >= 4 is 34.3 Å². The zero-order chi connectivity index (χ0) is 27.2. The van der Waals surface area contributed by atoms with E-state index >= 15 is 0 Å². The normalized spacial score (nSPS) is 30.1. The number of nitrogens with one attached hydrogen (secondary N) is 2. The largest absolute Gasteiger partial charge is 0.417 e. The van der Waals surface area contributed by atoms with E-state index in [9.17, 15) is 27.6 Å². The molecule has 3 fully saturated rings. The van der Waals surface area contributed by atoms with E-state index in [-0.39, 0.29) is 18.0 Å². The van der Waals surface area contributed by atoms with Gasteiger partial charge in [0.1, 0.15) is 0 Å². The fourth-order valence-corrected chi connectivity index (χ4v) is 6.50. The van der Waals surface area contributed by atoms with E-state index in [1.807, 2.05) is 18.2 Å². The lowest BCUT2D eigenvalue weighted by molar-refractivity contribution is -0.138. The summed E-state index contributed by atoms with van der Waals surface area (Å²) in [6.07, 6.45) is -3.01. The molecule has 11 heteroatoms. The van der Waals surface area contributed by atoms with Crippen LogP contribution >= 0.6 is 0 Å². The van der Waals surface area contributed by atoms with Crippen LogP contribution in [0.1, 0.15) is 41.8 Å². The molecule has 3 aliphatic rings. The van der Waals surface area contributed by atoms with Crippen molar-refractivity contribution in [2.75, 3.05) is 4.90 Å². The number of carbonyl (C=O) groups is 3. The Labute approximate surface area is 214 Å². The number of alkyl halides is 3. The molecule has 8 nitrogen and oxygen atoms in total. The molecule has 194 valence electrons. The number of fused-ring (bicyclic) bond motifs is 6. The quantitative estimate of drug-likeness (QED) is 0.506. The number of ether oxygens (including phenoxy) is 1. The SMILES string of the molecule is C[C@]12O[C@](C)(C[C@H]1NC(=O)c1c[nH]c3ccccc13)[C@H]1C(=O)N(c3ccc(C#N)c(C(F)(F)F)c3)C(=O)[C@H]12. The number of rotatable bonds is 3. The van der Waals surface area contributed by atoms with Crippen LogP contribution < -0.4 is 10.2 Å². The Kier molecular flexibility index (Phi) is 4.88. The molecule has 5 atom stereocenters. The summed E-state index contributed by atoms with van der Waals surface area (Å²) < 4.78 is 47.0. The first-order valence-corrected chi connectivity index (χ1v) is 12.0. The number of halogens is 3. The molecular formula is C27H21F3N4O4. The summed E-state index contributed by atoms with van der Waals surface area (Å²) in [5.41, 5.74) is -3.26. The fourth-order valence-electron chi connectivity index (χ4n) is 6.50. The third-order valence-electron chi connectivity index (χ3n) is 8.16. The lowest BCUT2D eigenvalue weighted by Gasteiger charge is -2.35. The summed E-state index contributed by atoms with van der Waals surface area (Å²) >= 11 is 0. The number of aromatic nitrogens is 1. The predicted octanol–water partition coefficient (Wildman–Crippen LogP) is 3.91. The van der Waals surface area contributed by atoms with Gasteiger partial charge in [0.05, 0.1) is 57.5 Å². The van der Waals surface area contributed by atoms with Gasteiger partial charge < -0.3 is 15.0 Å². The van der Waals surface area contributed by atoms with Gasteiger partial charge in [-0.1, -0.05) is 18.2 Å². The topological polar surface area (TPSA) is 115 Å². The Hall–Kier alpha value is -4.17. The number of carbonyl (C=O) groups excluding carboxylic acids is 3. The molecule has 0 saturated carbocycles. The molecule has 1 aromatic heterocycles. The maximum atomic E-state index is 13.6. The first-order valence-electron chi connectivity index (χ1n) is 12.0. The molecule has 38 heavy (non-hydrogen) atoms. The number of nitrogens with zero attached hydrogens (tertiary/aromatic N) is 2. The van der Waals surface area contributed by atoms with Crippen LogP contribution in [-0.4, -0.2) is 39.9 Å². The van der Waals surface area contributed by atoms with Gasteiger partial charge in [0.2, 0.25) is 11.8 Å². The van der Waals surface area contributed by atoms with E-state index in [4.69, 9.17) is 10.00 Å². The van der Waals surface area contributed by atoms with Gasteiger partial charge >= 0.3 is 6.18 Å². The maximum Gasteiger partial charge on any atom is 0.417 e. The van der Waals surface area contributed by atoms with Crippen molar-refractivity contribution in [3.05, 3.63) is 65.4 Å². The van der Waals surface area contributed by atoms with Gasteiger partial charge in [-0.3, -0.25) is 14.4 Å². The van der Waals surface area contributed by atoms with Gasteiger partial charge in [0.25, 0.3) is 5.91 Å². The van der Waals surface area contributed by atoms with Crippen molar-refractivity contribution in [2.45, 2.75) is 43.7 Å². The number of amides is 3. The first kappa shape index (κ1) is 24.2. The number of hydrogen-bond acceptors (Lipinski definition) is 5. The molecule has 2 bridgehead atoms.